The van der Waals surface area contributed by atoms with Crippen LogP contribution in [0.1, 0.15) is 31.7 Å². The number of aromatic nitrogens is 1. The van der Waals surface area contributed by atoms with Crippen LogP contribution in [0.15, 0.2) is 24.5 Å². The van der Waals surface area contributed by atoms with Crippen LogP contribution in [0.4, 0.5) is 0 Å². The Labute approximate surface area is 111 Å². The number of hydrogen-bond donors (Lipinski definition) is 1. The summed E-state index contributed by atoms with van der Waals surface area (Å²) in [6.45, 7) is 7.05. The zero-order valence-electron chi connectivity index (χ0n) is 11.4. The summed E-state index contributed by atoms with van der Waals surface area (Å²) in [6.07, 6.45) is 9.02. The Morgan fingerprint density at radius 2 is 2.17 bits per heavy atom. The van der Waals surface area contributed by atoms with Gasteiger partial charge in [-0.25, -0.2) is 0 Å². The standard InChI is InChI=1S/C15H25N3/c1-14(18-10-3-2-4-11-18)12-17-9-7-15-6-5-8-16-13-15/h5-6,8,13-14,17H,2-4,7,9-12H2,1H3. The van der Waals surface area contributed by atoms with E-state index in [2.05, 4.69) is 28.2 Å². The van der Waals surface area contributed by atoms with Gasteiger partial charge in [0, 0.05) is 25.0 Å². The Bertz CT molecular complexity index is 320. The van der Waals surface area contributed by atoms with Crippen molar-refractivity contribution in [3.63, 3.8) is 0 Å². The maximum atomic E-state index is 4.14. The van der Waals surface area contributed by atoms with Gasteiger partial charge in [0.15, 0.2) is 0 Å². The molecule has 1 atom stereocenters. The molecule has 0 amide bonds. The second kappa shape index (κ2) is 7.49. The molecule has 100 valence electrons. The largest absolute Gasteiger partial charge is 0.315 e. The summed E-state index contributed by atoms with van der Waals surface area (Å²) in [7, 11) is 0. The summed E-state index contributed by atoms with van der Waals surface area (Å²) in [5.74, 6) is 0. The Kier molecular flexibility index (Phi) is 5.62. The smallest absolute Gasteiger partial charge is 0.0300 e. The number of rotatable bonds is 6. The van der Waals surface area contributed by atoms with E-state index >= 15 is 0 Å². The van der Waals surface area contributed by atoms with Crippen LogP contribution in [-0.2, 0) is 6.42 Å². The van der Waals surface area contributed by atoms with Gasteiger partial charge in [0.05, 0.1) is 0 Å². The summed E-state index contributed by atoms with van der Waals surface area (Å²) in [4.78, 5) is 6.75. The molecule has 0 saturated carbocycles. The van der Waals surface area contributed by atoms with Crippen LogP contribution in [0.5, 0.6) is 0 Å². The summed E-state index contributed by atoms with van der Waals surface area (Å²) in [5.41, 5.74) is 1.32. The molecule has 1 aromatic rings. The average molecular weight is 247 g/mol. The summed E-state index contributed by atoms with van der Waals surface area (Å²) in [5, 5.41) is 3.56. The molecule has 0 spiro atoms. The molecule has 1 fully saturated rings. The average Bonchev–Trinajstić information content (AvgIpc) is 2.45. The summed E-state index contributed by atoms with van der Waals surface area (Å²) >= 11 is 0. The number of nitrogens with zero attached hydrogens (tertiary/aromatic N) is 2. The zero-order chi connectivity index (χ0) is 12.6. The van der Waals surface area contributed by atoms with Crippen molar-refractivity contribution in [3.05, 3.63) is 30.1 Å². The number of piperidine rings is 1. The minimum atomic E-state index is 0.666. The van der Waals surface area contributed by atoms with Crippen LogP contribution in [0.3, 0.4) is 0 Å². The number of nitrogens with one attached hydrogen (secondary N) is 1. The molecule has 1 aliphatic heterocycles. The zero-order valence-corrected chi connectivity index (χ0v) is 11.4. The number of likely N-dealkylation sites (tertiary alicyclic amines) is 1. The van der Waals surface area contributed by atoms with Crippen molar-refractivity contribution in [2.75, 3.05) is 26.2 Å². The molecule has 1 aromatic heterocycles. The minimum Gasteiger partial charge on any atom is -0.315 e. The van der Waals surface area contributed by atoms with E-state index in [1.807, 2.05) is 18.5 Å². The van der Waals surface area contributed by atoms with Gasteiger partial charge in [-0.05, 0) is 57.5 Å². The molecular formula is C15H25N3. The molecule has 0 bridgehead atoms. The lowest BCUT2D eigenvalue weighted by Gasteiger charge is -2.32. The summed E-state index contributed by atoms with van der Waals surface area (Å²) < 4.78 is 0. The molecule has 1 saturated heterocycles. The second-order valence-electron chi connectivity index (χ2n) is 5.26. The van der Waals surface area contributed by atoms with E-state index in [0.717, 1.165) is 19.5 Å². The van der Waals surface area contributed by atoms with Crippen molar-refractivity contribution < 1.29 is 0 Å². The maximum Gasteiger partial charge on any atom is 0.0300 e. The second-order valence-corrected chi connectivity index (χ2v) is 5.26. The van der Waals surface area contributed by atoms with Crippen LogP contribution >= 0.6 is 0 Å². The first-order chi connectivity index (χ1) is 8.86. The van der Waals surface area contributed by atoms with E-state index in [4.69, 9.17) is 0 Å². The number of hydrogen-bond acceptors (Lipinski definition) is 3. The van der Waals surface area contributed by atoms with E-state index in [-0.39, 0.29) is 0 Å². The first kappa shape index (κ1) is 13.5. The molecule has 3 heteroatoms. The highest BCUT2D eigenvalue weighted by Gasteiger charge is 2.15. The lowest BCUT2D eigenvalue weighted by molar-refractivity contribution is 0.171. The van der Waals surface area contributed by atoms with Crippen LogP contribution in [-0.4, -0.2) is 42.1 Å². The van der Waals surface area contributed by atoms with Gasteiger partial charge in [-0.3, -0.25) is 9.88 Å². The van der Waals surface area contributed by atoms with Gasteiger partial charge < -0.3 is 5.32 Å². The molecule has 18 heavy (non-hydrogen) atoms. The Hall–Kier alpha value is -0.930. The fourth-order valence-electron chi connectivity index (χ4n) is 2.58. The van der Waals surface area contributed by atoms with Gasteiger partial charge in [-0.2, -0.15) is 0 Å². The highest BCUT2D eigenvalue weighted by Crippen LogP contribution is 2.11. The van der Waals surface area contributed by atoms with Crippen LogP contribution in [0, 0.1) is 0 Å². The SMILES string of the molecule is CC(CNCCc1cccnc1)N1CCCCC1. The van der Waals surface area contributed by atoms with Crippen molar-refractivity contribution in [2.45, 2.75) is 38.6 Å². The van der Waals surface area contributed by atoms with Gasteiger partial charge in [-0.15, -0.1) is 0 Å². The quantitative estimate of drug-likeness (QED) is 0.780. The third-order valence-corrected chi connectivity index (χ3v) is 3.77. The Morgan fingerprint density at radius 1 is 1.33 bits per heavy atom. The molecule has 2 heterocycles. The minimum absolute atomic E-state index is 0.666. The van der Waals surface area contributed by atoms with E-state index in [1.165, 1.54) is 37.9 Å². The number of pyridine rings is 1. The normalized spacial score (nSPS) is 18.7. The summed E-state index contributed by atoms with van der Waals surface area (Å²) in [6, 6.07) is 4.81. The molecule has 1 unspecified atom stereocenters. The van der Waals surface area contributed by atoms with Crippen molar-refractivity contribution in [2.24, 2.45) is 0 Å². The van der Waals surface area contributed by atoms with E-state index in [9.17, 15) is 0 Å². The monoisotopic (exact) mass is 247 g/mol. The first-order valence-electron chi connectivity index (χ1n) is 7.20. The predicted molar refractivity (Wildman–Crippen MR) is 75.7 cm³/mol. The highest BCUT2D eigenvalue weighted by molar-refractivity contribution is 5.08. The van der Waals surface area contributed by atoms with E-state index < -0.39 is 0 Å². The lowest BCUT2D eigenvalue weighted by Crippen LogP contribution is -2.43. The maximum absolute atomic E-state index is 4.14. The van der Waals surface area contributed by atoms with Gasteiger partial charge >= 0.3 is 0 Å². The molecule has 1 aliphatic rings. The molecule has 0 aliphatic carbocycles. The predicted octanol–water partition coefficient (Wildman–Crippen LogP) is 2.09. The topological polar surface area (TPSA) is 28.2 Å². The van der Waals surface area contributed by atoms with Gasteiger partial charge in [0.1, 0.15) is 0 Å². The van der Waals surface area contributed by atoms with Crippen molar-refractivity contribution >= 4 is 0 Å². The Balaban J connectivity index is 1.60. The first-order valence-corrected chi connectivity index (χ1v) is 7.20. The molecule has 2 rings (SSSR count). The molecule has 1 N–H and O–H groups in total. The molecule has 3 nitrogen and oxygen atoms in total. The fraction of sp³-hybridized carbons (Fsp3) is 0.667. The lowest BCUT2D eigenvalue weighted by atomic mass is 10.1. The third-order valence-electron chi connectivity index (χ3n) is 3.77. The van der Waals surface area contributed by atoms with Gasteiger partial charge in [0.25, 0.3) is 0 Å². The molecule has 0 radical (unpaired) electrons. The van der Waals surface area contributed by atoms with Crippen LogP contribution in [0.2, 0.25) is 0 Å². The van der Waals surface area contributed by atoms with Gasteiger partial charge in [-0.1, -0.05) is 12.5 Å². The van der Waals surface area contributed by atoms with Crippen LogP contribution < -0.4 is 5.32 Å². The third kappa shape index (κ3) is 4.39. The fourth-order valence-corrected chi connectivity index (χ4v) is 2.58. The van der Waals surface area contributed by atoms with Crippen molar-refractivity contribution in [1.29, 1.82) is 0 Å². The van der Waals surface area contributed by atoms with Crippen molar-refractivity contribution in [3.8, 4) is 0 Å². The van der Waals surface area contributed by atoms with E-state index in [1.54, 1.807) is 0 Å². The van der Waals surface area contributed by atoms with Crippen molar-refractivity contribution in [1.82, 2.24) is 15.2 Å². The molecular weight excluding hydrogens is 222 g/mol. The van der Waals surface area contributed by atoms with Crippen LogP contribution in [0.25, 0.3) is 0 Å². The molecule has 0 aromatic carbocycles. The van der Waals surface area contributed by atoms with E-state index in [0.29, 0.717) is 6.04 Å². The van der Waals surface area contributed by atoms with Gasteiger partial charge in [0.2, 0.25) is 0 Å². The highest BCUT2D eigenvalue weighted by atomic mass is 15.2. The Morgan fingerprint density at radius 3 is 2.89 bits per heavy atom.